The fourth-order valence-electron chi connectivity index (χ4n) is 2.42. The molecule has 1 aliphatic rings. The molecule has 1 rings (SSSR count). The lowest BCUT2D eigenvalue weighted by Gasteiger charge is -2.46. The summed E-state index contributed by atoms with van der Waals surface area (Å²) in [6.07, 6.45) is 7.73. The van der Waals surface area contributed by atoms with Gasteiger partial charge in [-0.2, -0.15) is 0 Å². The minimum absolute atomic E-state index is 0.646. The van der Waals surface area contributed by atoms with E-state index in [1.165, 1.54) is 31.7 Å². The lowest BCUT2D eigenvalue weighted by Crippen LogP contribution is -2.42. The molecule has 0 aliphatic carbocycles. The first kappa shape index (κ1) is 10.0. The van der Waals surface area contributed by atoms with Crippen molar-refractivity contribution in [3.05, 3.63) is 12.7 Å². The first-order valence-corrected chi connectivity index (χ1v) is 8.33. The van der Waals surface area contributed by atoms with Crippen LogP contribution in [0.15, 0.2) is 12.7 Å². The summed E-state index contributed by atoms with van der Waals surface area (Å²) in [5.74, 6) is 0. The van der Waals surface area contributed by atoms with Crippen molar-refractivity contribution in [1.82, 2.24) is 0 Å². The molecule has 1 saturated heterocycles. The van der Waals surface area contributed by atoms with E-state index in [1.807, 2.05) is 0 Å². The van der Waals surface area contributed by atoms with Crippen molar-refractivity contribution in [1.29, 1.82) is 0 Å². The first-order valence-electron chi connectivity index (χ1n) is 5.13. The van der Waals surface area contributed by atoms with Crippen LogP contribution in [0.1, 0.15) is 32.6 Å². The Bertz CT molecular complexity index is 172. The molecule has 0 amide bonds. The average molecular weight is 182 g/mol. The Labute approximate surface area is 78.1 Å². The molecule has 0 aromatic carbocycles. The smallest absolute Gasteiger partial charge is 0.0536 e. The van der Waals surface area contributed by atoms with Gasteiger partial charge >= 0.3 is 0 Å². The van der Waals surface area contributed by atoms with Gasteiger partial charge in [-0.05, 0) is 17.9 Å². The van der Waals surface area contributed by atoms with Gasteiger partial charge in [-0.1, -0.05) is 45.0 Å². The predicted molar refractivity (Wildman–Crippen MR) is 59.3 cm³/mol. The predicted octanol–water partition coefficient (Wildman–Crippen LogP) is 4.22. The van der Waals surface area contributed by atoms with Gasteiger partial charge in [0.25, 0.3) is 0 Å². The van der Waals surface area contributed by atoms with Gasteiger partial charge in [-0.15, -0.1) is 6.58 Å². The molecule has 0 aromatic rings. The van der Waals surface area contributed by atoms with Crippen LogP contribution in [0.2, 0.25) is 24.2 Å². The summed E-state index contributed by atoms with van der Waals surface area (Å²) in [5, 5.41) is 0.646. The van der Waals surface area contributed by atoms with Crippen LogP contribution in [0.3, 0.4) is 0 Å². The number of rotatable bonds is 2. The van der Waals surface area contributed by atoms with E-state index >= 15 is 0 Å². The van der Waals surface area contributed by atoms with E-state index in [-0.39, 0.29) is 0 Å². The van der Waals surface area contributed by atoms with E-state index in [2.05, 4.69) is 32.7 Å². The fraction of sp³-hybridized carbons (Fsp3) is 0.818. The topological polar surface area (TPSA) is 0 Å². The van der Waals surface area contributed by atoms with Crippen molar-refractivity contribution >= 4 is 8.07 Å². The van der Waals surface area contributed by atoms with Gasteiger partial charge in [0.15, 0.2) is 0 Å². The number of allylic oxidation sites excluding steroid dienone is 1. The second-order valence-corrected chi connectivity index (χ2v) is 10.6. The molecule has 70 valence electrons. The molecule has 0 radical (unpaired) electrons. The summed E-state index contributed by atoms with van der Waals surface area (Å²) >= 11 is 0. The molecule has 0 nitrogen and oxygen atoms in total. The van der Waals surface area contributed by atoms with Crippen LogP contribution in [0.25, 0.3) is 0 Å². The van der Waals surface area contributed by atoms with Crippen molar-refractivity contribution in [2.45, 2.75) is 56.8 Å². The maximum Gasteiger partial charge on any atom is 0.0536 e. The lowest BCUT2D eigenvalue weighted by molar-refractivity contribution is 0.478. The molecule has 1 aliphatic heterocycles. The Morgan fingerprint density at radius 2 is 2.08 bits per heavy atom. The third-order valence-electron chi connectivity index (χ3n) is 4.01. The summed E-state index contributed by atoms with van der Waals surface area (Å²) in [6, 6.07) is 1.53. The van der Waals surface area contributed by atoms with E-state index in [1.54, 1.807) is 0 Å². The molecule has 1 heterocycles. The van der Waals surface area contributed by atoms with Gasteiger partial charge < -0.3 is 0 Å². The van der Waals surface area contributed by atoms with Crippen molar-refractivity contribution in [3.8, 4) is 0 Å². The zero-order chi connectivity index (χ0) is 9.24. The van der Waals surface area contributed by atoms with E-state index in [0.29, 0.717) is 5.04 Å². The molecule has 0 spiro atoms. The largest absolute Gasteiger partial charge is 0.103 e. The van der Waals surface area contributed by atoms with Crippen molar-refractivity contribution in [3.63, 3.8) is 0 Å². The molecule has 1 fully saturated rings. The Kier molecular flexibility index (Phi) is 2.82. The van der Waals surface area contributed by atoms with Crippen LogP contribution >= 0.6 is 0 Å². The quantitative estimate of drug-likeness (QED) is 0.443. The highest BCUT2D eigenvalue weighted by atomic mass is 28.3. The van der Waals surface area contributed by atoms with Gasteiger partial charge in [0.05, 0.1) is 8.07 Å². The molecular formula is C11H22Si. The Morgan fingerprint density at radius 1 is 1.42 bits per heavy atom. The van der Waals surface area contributed by atoms with Crippen molar-refractivity contribution < 1.29 is 0 Å². The maximum absolute atomic E-state index is 3.89. The standard InChI is InChI=1S/C11H22Si/c1-5-8-11(2)9-6-7-10-12(11,3)4/h5H,1,6-10H2,2-4H3. The molecule has 1 heteroatoms. The molecule has 1 atom stereocenters. The highest BCUT2D eigenvalue weighted by Crippen LogP contribution is 2.51. The second kappa shape index (κ2) is 3.37. The second-order valence-electron chi connectivity index (χ2n) is 5.14. The summed E-state index contributed by atoms with van der Waals surface area (Å²) in [5.41, 5.74) is 0. The normalized spacial score (nSPS) is 34.6. The Morgan fingerprint density at radius 3 is 2.58 bits per heavy atom. The van der Waals surface area contributed by atoms with E-state index < -0.39 is 8.07 Å². The van der Waals surface area contributed by atoms with Crippen LogP contribution in [0.4, 0.5) is 0 Å². The molecule has 0 aromatic heterocycles. The van der Waals surface area contributed by atoms with Crippen LogP contribution < -0.4 is 0 Å². The van der Waals surface area contributed by atoms with Gasteiger partial charge in [-0.25, -0.2) is 0 Å². The fourth-order valence-corrected chi connectivity index (χ4v) is 5.71. The van der Waals surface area contributed by atoms with Crippen LogP contribution in [-0.2, 0) is 0 Å². The minimum atomic E-state index is -0.936. The molecule has 1 unspecified atom stereocenters. The van der Waals surface area contributed by atoms with Gasteiger partial charge in [0.1, 0.15) is 0 Å². The van der Waals surface area contributed by atoms with Crippen LogP contribution in [-0.4, -0.2) is 8.07 Å². The van der Waals surface area contributed by atoms with Gasteiger partial charge in [0.2, 0.25) is 0 Å². The highest BCUT2D eigenvalue weighted by Gasteiger charge is 2.42. The maximum atomic E-state index is 3.89. The van der Waals surface area contributed by atoms with Crippen molar-refractivity contribution in [2.75, 3.05) is 0 Å². The summed E-state index contributed by atoms with van der Waals surface area (Å²) in [4.78, 5) is 0. The molecular weight excluding hydrogens is 160 g/mol. The van der Waals surface area contributed by atoms with E-state index in [4.69, 9.17) is 0 Å². The lowest BCUT2D eigenvalue weighted by atomic mass is 9.98. The molecule has 0 N–H and O–H groups in total. The van der Waals surface area contributed by atoms with Gasteiger partial charge in [-0.3, -0.25) is 0 Å². The zero-order valence-electron chi connectivity index (χ0n) is 8.82. The SMILES string of the molecule is C=CCC1(C)CCCC[Si]1(C)C. The average Bonchev–Trinajstić information content (AvgIpc) is 1.96. The third kappa shape index (κ3) is 1.66. The Balaban J connectivity index is 2.76. The van der Waals surface area contributed by atoms with Crippen molar-refractivity contribution in [2.24, 2.45) is 0 Å². The van der Waals surface area contributed by atoms with Gasteiger partial charge in [0, 0.05) is 0 Å². The first-order chi connectivity index (χ1) is 5.52. The monoisotopic (exact) mass is 182 g/mol. The van der Waals surface area contributed by atoms with Crippen LogP contribution in [0.5, 0.6) is 0 Å². The highest BCUT2D eigenvalue weighted by molar-refractivity contribution is 6.80. The summed E-state index contributed by atoms with van der Waals surface area (Å²) < 4.78 is 0. The van der Waals surface area contributed by atoms with Crippen LogP contribution in [0, 0.1) is 0 Å². The minimum Gasteiger partial charge on any atom is -0.103 e. The molecule has 12 heavy (non-hydrogen) atoms. The zero-order valence-corrected chi connectivity index (χ0v) is 9.82. The summed E-state index contributed by atoms with van der Waals surface area (Å²) in [6.45, 7) is 11.5. The number of hydrogen-bond acceptors (Lipinski definition) is 0. The summed E-state index contributed by atoms with van der Waals surface area (Å²) in [7, 11) is -0.936. The molecule has 0 bridgehead atoms. The third-order valence-corrected chi connectivity index (χ3v) is 9.33. The van der Waals surface area contributed by atoms with E-state index in [0.717, 1.165) is 0 Å². The van der Waals surface area contributed by atoms with E-state index in [9.17, 15) is 0 Å². The number of hydrogen-bond donors (Lipinski definition) is 0. The Hall–Kier alpha value is -0.0431. The molecule has 0 saturated carbocycles.